The maximum atomic E-state index is 11.3. The lowest BCUT2D eigenvalue weighted by Crippen LogP contribution is -2.08. The fourth-order valence-corrected chi connectivity index (χ4v) is 1.92. The standard InChI is InChI=1S/C13H13BrN2O2/c1-7-4-10(5-8(2)13(7)14)18-12-6-11(17)15-9(3)16-12/h4-6H,1-3H3,(H,15,16,17). The van der Waals surface area contributed by atoms with Crippen LogP contribution >= 0.6 is 15.9 Å². The van der Waals surface area contributed by atoms with Crippen molar-refractivity contribution in [1.82, 2.24) is 9.97 Å². The third-order valence-corrected chi connectivity index (χ3v) is 3.72. The van der Waals surface area contributed by atoms with Crippen LogP contribution < -0.4 is 10.3 Å². The zero-order valence-electron chi connectivity index (χ0n) is 10.4. The van der Waals surface area contributed by atoms with Gasteiger partial charge in [0.15, 0.2) is 0 Å². The number of aryl methyl sites for hydroxylation is 3. The highest BCUT2D eigenvalue weighted by atomic mass is 79.9. The van der Waals surface area contributed by atoms with E-state index in [9.17, 15) is 4.79 Å². The lowest BCUT2D eigenvalue weighted by atomic mass is 10.1. The van der Waals surface area contributed by atoms with Crippen LogP contribution in [0.3, 0.4) is 0 Å². The van der Waals surface area contributed by atoms with Crippen molar-refractivity contribution in [3.63, 3.8) is 0 Å². The first-order chi connectivity index (χ1) is 8.45. The summed E-state index contributed by atoms with van der Waals surface area (Å²) in [5.41, 5.74) is 1.93. The van der Waals surface area contributed by atoms with E-state index < -0.39 is 0 Å². The van der Waals surface area contributed by atoms with Crippen LogP contribution in [0.2, 0.25) is 0 Å². The van der Waals surface area contributed by atoms with Gasteiger partial charge in [-0.1, -0.05) is 15.9 Å². The van der Waals surface area contributed by atoms with Crippen molar-refractivity contribution in [2.45, 2.75) is 20.8 Å². The Balaban J connectivity index is 2.37. The fraction of sp³-hybridized carbons (Fsp3) is 0.231. The molecule has 5 heteroatoms. The van der Waals surface area contributed by atoms with Crippen molar-refractivity contribution in [2.75, 3.05) is 0 Å². The minimum atomic E-state index is -0.219. The van der Waals surface area contributed by atoms with E-state index in [1.54, 1.807) is 6.92 Å². The summed E-state index contributed by atoms with van der Waals surface area (Å²) >= 11 is 3.50. The van der Waals surface area contributed by atoms with Crippen molar-refractivity contribution in [3.8, 4) is 11.6 Å². The van der Waals surface area contributed by atoms with Gasteiger partial charge < -0.3 is 9.72 Å². The number of benzene rings is 1. The van der Waals surface area contributed by atoms with Crippen LogP contribution in [0.5, 0.6) is 11.6 Å². The van der Waals surface area contributed by atoms with Crippen LogP contribution in [0.1, 0.15) is 17.0 Å². The largest absolute Gasteiger partial charge is 0.439 e. The summed E-state index contributed by atoms with van der Waals surface area (Å²) in [5, 5.41) is 0. The lowest BCUT2D eigenvalue weighted by molar-refractivity contribution is 0.458. The Kier molecular flexibility index (Phi) is 3.52. The number of hydrogen-bond acceptors (Lipinski definition) is 3. The Labute approximate surface area is 113 Å². The molecule has 0 aliphatic heterocycles. The number of nitrogens with one attached hydrogen (secondary N) is 1. The molecule has 2 aromatic rings. The molecule has 1 N–H and O–H groups in total. The Morgan fingerprint density at radius 3 is 2.33 bits per heavy atom. The van der Waals surface area contributed by atoms with Gasteiger partial charge in [-0.25, -0.2) is 4.98 Å². The van der Waals surface area contributed by atoms with Gasteiger partial charge in [-0.15, -0.1) is 0 Å². The third-order valence-electron chi connectivity index (χ3n) is 2.47. The first-order valence-corrected chi connectivity index (χ1v) is 6.27. The molecule has 4 nitrogen and oxygen atoms in total. The highest BCUT2D eigenvalue weighted by Gasteiger charge is 2.06. The first-order valence-electron chi connectivity index (χ1n) is 5.48. The molecule has 1 heterocycles. The van der Waals surface area contributed by atoms with Gasteiger partial charge in [-0.3, -0.25) is 4.79 Å². The second-order valence-electron chi connectivity index (χ2n) is 4.14. The molecule has 0 fully saturated rings. The molecular weight excluding hydrogens is 296 g/mol. The molecule has 0 saturated heterocycles. The third kappa shape index (κ3) is 2.79. The molecular formula is C13H13BrN2O2. The molecule has 0 radical (unpaired) electrons. The van der Waals surface area contributed by atoms with Crippen molar-refractivity contribution in [1.29, 1.82) is 0 Å². The Morgan fingerprint density at radius 1 is 1.17 bits per heavy atom. The van der Waals surface area contributed by atoms with Gasteiger partial charge in [0, 0.05) is 4.47 Å². The van der Waals surface area contributed by atoms with Gasteiger partial charge in [-0.2, -0.15) is 0 Å². The van der Waals surface area contributed by atoms with Crippen LogP contribution in [0.15, 0.2) is 27.5 Å². The SMILES string of the molecule is Cc1nc(Oc2cc(C)c(Br)c(C)c2)cc(=O)[nH]1. The number of aromatic nitrogens is 2. The predicted octanol–water partition coefficient (Wildman–Crippen LogP) is 3.25. The second kappa shape index (κ2) is 4.94. The van der Waals surface area contributed by atoms with Gasteiger partial charge in [0.1, 0.15) is 11.6 Å². The molecule has 0 saturated carbocycles. The summed E-state index contributed by atoms with van der Waals surface area (Å²) in [6.07, 6.45) is 0. The Morgan fingerprint density at radius 2 is 1.78 bits per heavy atom. The zero-order valence-corrected chi connectivity index (χ0v) is 12.0. The van der Waals surface area contributed by atoms with Crippen molar-refractivity contribution in [2.24, 2.45) is 0 Å². The highest BCUT2D eigenvalue weighted by molar-refractivity contribution is 9.10. The van der Waals surface area contributed by atoms with Crippen LogP contribution in [0.4, 0.5) is 0 Å². The number of rotatable bonds is 2. The average Bonchev–Trinajstić information content (AvgIpc) is 2.24. The number of aromatic amines is 1. The molecule has 0 aliphatic rings. The monoisotopic (exact) mass is 308 g/mol. The van der Waals surface area contributed by atoms with E-state index >= 15 is 0 Å². The van der Waals surface area contributed by atoms with Crippen LogP contribution in [0.25, 0.3) is 0 Å². The zero-order chi connectivity index (χ0) is 13.3. The predicted molar refractivity (Wildman–Crippen MR) is 73.3 cm³/mol. The van der Waals surface area contributed by atoms with Crippen LogP contribution in [0, 0.1) is 20.8 Å². The van der Waals surface area contributed by atoms with Crippen LogP contribution in [-0.4, -0.2) is 9.97 Å². The van der Waals surface area contributed by atoms with Crippen molar-refractivity contribution < 1.29 is 4.74 Å². The molecule has 2 rings (SSSR count). The molecule has 1 aromatic heterocycles. The summed E-state index contributed by atoms with van der Waals surface area (Å²) in [7, 11) is 0. The van der Waals surface area contributed by atoms with E-state index in [0.717, 1.165) is 15.6 Å². The summed E-state index contributed by atoms with van der Waals surface area (Å²) in [6.45, 7) is 5.69. The lowest BCUT2D eigenvalue weighted by Gasteiger charge is -2.09. The van der Waals surface area contributed by atoms with Gasteiger partial charge in [0.25, 0.3) is 5.56 Å². The average molecular weight is 309 g/mol. The molecule has 0 atom stereocenters. The number of H-pyrrole nitrogens is 1. The number of hydrogen-bond donors (Lipinski definition) is 1. The smallest absolute Gasteiger partial charge is 0.254 e. The normalized spacial score (nSPS) is 10.4. The van der Waals surface area contributed by atoms with E-state index in [0.29, 0.717) is 17.5 Å². The van der Waals surface area contributed by atoms with Gasteiger partial charge in [0.05, 0.1) is 6.07 Å². The van der Waals surface area contributed by atoms with E-state index in [-0.39, 0.29) is 5.56 Å². The molecule has 0 amide bonds. The topological polar surface area (TPSA) is 55.0 Å². The highest BCUT2D eigenvalue weighted by Crippen LogP contribution is 2.28. The molecule has 18 heavy (non-hydrogen) atoms. The molecule has 0 bridgehead atoms. The van der Waals surface area contributed by atoms with Crippen molar-refractivity contribution in [3.05, 3.63) is 50.0 Å². The van der Waals surface area contributed by atoms with Crippen molar-refractivity contribution >= 4 is 15.9 Å². The van der Waals surface area contributed by atoms with E-state index in [1.165, 1.54) is 6.07 Å². The van der Waals surface area contributed by atoms with Crippen LogP contribution in [-0.2, 0) is 0 Å². The van der Waals surface area contributed by atoms with Gasteiger partial charge >= 0.3 is 0 Å². The molecule has 94 valence electrons. The maximum Gasteiger partial charge on any atom is 0.254 e. The molecule has 1 aromatic carbocycles. The summed E-state index contributed by atoms with van der Waals surface area (Å²) in [4.78, 5) is 18.0. The van der Waals surface area contributed by atoms with Gasteiger partial charge in [-0.05, 0) is 44.0 Å². The first kappa shape index (κ1) is 12.8. The minimum Gasteiger partial charge on any atom is -0.439 e. The van der Waals surface area contributed by atoms with Gasteiger partial charge in [0.2, 0.25) is 5.88 Å². The Hall–Kier alpha value is -1.62. The Bertz CT molecular complexity index is 627. The number of ether oxygens (including phenoxy) is 1. The second-order valence-corrected chi connectivity index (χ2v) is 4.94. The quantitative estimate of drug-likeness (QED) is 0.926. The summed E-state index contributed by atoms with van der Waals surface area (Å²) in [6, 6.07) is 5.13. The maximum absolute atomic E-state index is 11.3. The fourth-order valence-electron chi connectivity index (χ4n) is 1.69. The number of halogens is 1. The van der Waals surface area contributed by atoms with E-state index in [1.807, 2.05) is 26.0 Å². The van der Waals surface area contributed by atoms with E-state index in [4.69, 9.17) is 4.74 Å². The summed E-state index contributed by atoms with van der Waals surface area (Å²) in [5.74, 6) is 1.51. The molecule has 0 spiro atoms. The summed E-state index contributed by atoms with van der Waals surface area (Å²) < 4.78 is 6.66. The number of nitrogens with zero attached hydrogens (tertiary/aromatic N) is 1. The molecule has 0 unspecified atom stereocenters. The molecule has 0 aliphatic carbocycles. The minimum absolute atomic E-state index is 0.219. The van der Waals surface area contributed by atoms with E-state index in [2.05, 4.69) is 25.9 Å².